The Kier molecular flexibility index (Phi) is 5.60. The number of aryl methyl sites for hydroxylation is 1. The van der Waals surface area contributed by atoms with Crippen molar-refractivity contribution in [3.63, 3.8) is 0 Å². The first kappa shape index (κ1) is 18.8. The third-order valence-electron chi connectivity index (χ3n) is 5.20. The number of nitrogens with one attached hydrogen (secondary N) is 1. The molecule has 0 aliphatic heterocycles. The topological polar surface area (TPSA) is 46.9 Å². The summed E-state index contributed by atoms with van der Waals surface area (Å²) in [7, 11) is 0. The van der Waals surface area contributed by atoms with E-state index in [1.54, 1.807) is 13.8 Å². The number of hydrogen-bond acceptors (Lipinski definition) is 2. The molecule has 1 aliphatic carbocycles. The Morgan fingerprint density at radius 3 is 2.67 bits per heavy atom. The highest BCUT2D eigenvalue weighted by Crippen LogP contribution is 2.30. The van der Waals surface area contributed by atoms with Crippen molar-refractivity contribution in [3.05, 3.63) is 17.5 Å². The highest BCUT2D eigenvalue weighted by molar-refractivity contribution is 5.78. The van der Waals surface area contributed by atoms with Crippen LogP contribution in [0.3, 0.4) is 0 Å². The fourth-order valence-corrected chi connectivity index (χ4v) is 3.29. The lowest BCUT2D eigenvalue weighted by atomic mass is 9.78. The van der Waals surface area contributed by atoms with Crippen LogP contribution in [0.5, 0.6) is 0 Å². The number of halogens is 3. The van der Waals surface area contributed by atoms with Gasteiger partial charge >= 0.3 is 6.18 Å². The van der Waals surface area contributed by atoms with Gasteiger partial charge in [-0.3, -0.25) is 9.48 Å². The van der Waals surface area contributed by atoms with Crippen LogP contribution in [0.25, 0.3) is 0 Å². The van der Waals surface area contributed by atoms with E-state index in [1.165, 1.54) is 11.1 Å². The molecule has 7 heteroatoms. The Balaban J connectivity index is 1.98. The number of aromatic nitrogens is 2. The average Bonchev–Trinajstić information content (AvgIpc) is 2.85. The van der Waals surface area contributed by atoms with Crippen molar-refractivity contribution in [1.29, 1.82) is 0 Å². The van der Waals surface area contributed by atoms with Gasteiger partial charge in [0.2, 0.25) is 5.91 Å². The lowest BCUT2D eigenvalue weighted by Crippen LogP contribution is -2.46. The van der Waals surface area contributed by atoms with Gasteiger partial charge in [0.25, 0.3) is 0 Å². The van der Waals surface area contributed by atoms with E-state index >= 15 is 0 Å². The molecule has 136 valence electrons. The second kappa shape index (κ2) is 7.15. The average molecular weight is 345 g/mol. The van der Waals surface area contributed by atoms with Gasteiger partial charge in [-0.15, -0.1) is 0 Å². The quantitative estimate of drug-likeness (QED) is 0.902. The second-order valence-corrected chi connectivity index (χ2v) is 7.13. The Bertz CT molecular complexity index is 582. The summed E-state index contributed by atoms with van der Waals surface area (Å²) in [4.78, 5) is 12.4. The van der Waals surface area contributed by atoms with Crippen molar-refractivity contribution < 1.29 is 18.0 Å². The van der Waals surface area contributed by atoms with Gasteiger partial charge in [-0.25, -0.2) is 0 Å². The predicted octanol–water partition coefficient (Wildman–Crippen LogP) is 3.79. The van der Waals surface area contributed by atoms with Crippen LogP contribution < -0.4 is 5.32 Å². The van der Waals surface area contributed by atoms with Gasteiger partial charge in [0.15, 0.2) is 5.69 Å². The number of carbonyl (C=O) groups is 1. The fourth-order valence-electron chi connectivity index (χ4n) is 3.29. The summed E-state index contributed by atoms with van der Waals surface area (Å²) in [5.41, 5.74) is -0.510. The Morgan fingerprint density at radius 2 is 2.08 bits per heavy atom. The minimum atomic E-state index is -4.46. The molecule has 2 rings (SSSR count). The van der Waals surface area contributed by atoms with Crippen molar-refractivity contribution in [2.45, 2.75) is 65.7 Å². The van der Waals surface area contributed by atoms with E-state index in [2.05, 4.69) is 24.3 Å². The van der Waals surface area contributed by atoms with E-state index in [0.717, 1.165) is 18.9 Å². The fraction of sp³-hybridized carbons (Fsp3) is 0.765. The van der Waals surface area contributed by atoms with Gasteiger partial charge < -0.3 is 5.32 Å². The molecule has 4 atom stereocenters. The van der Waals surface area contributed by atoms with Crippen molar-refractivity contribution in [1.82, 2.24) is 15.1 Å². The number of nitrogens with zero attached hydrogens (tertiary/aromatic N) is 2. The molecule has 1 fully saturated rings. The zero-order chi connectivity index (χ0) is 18.1. The summed E-state index contributed by atoms with van der Waals surface area (Å²) in [6, 6.07) is 1.16. The summed E-state index contributed by atoms with van der Waals surface area (Å²) in [5, 5.41) is 6.66. The van der Waals surface area contributed by atoms with E-state index in [1.807, 2.05) is 0 Å². The molecule has 1 heterocycles. The Hall–Kier alpha value is -1.53. The highest BCUT2D eigenvalue weighted by atomic mass is 19.4. The van der Waals surface area contributed by atoms with Gasteiger partial charge in [0.1, 0.15) is 0 Å². The van der Waals surface area contributed by atoms with Crippen molar-refractivity contribution in [2.24, 2.45) is 17.8 Å². The van der Waals surface area contributed by atoms with Crippen LogP contribution >= 0.6 is 0 Å². The molecule has 0 saturated heterocycles. The Morgan fingerprint density at radius 1 is 1.42 bits per heavy atom. The first-order chi connectivity index (χ1) is 11.1. The second-order valence-electron chi connectivity index (χ2n) is 7.13. The first-order valence-corrected chi connectivity index (χ1v) is 8.51. The van der Waals surface area contributed by atoms with Gasteiger partial charge in [-0.2, -0.15) is 18.3 Å². The van der Waals surface area contributed by atoms with Crippen molar-refractivity contribution >= 4 is 5.91 Å². The third kappa shape index (κ3) is 4.30. The molecule has 0 radical (unpaired) electrons. The number of carbonyl (C=O) groups excluding carboxylic acids is 1. The number of rotatable bonds is 4. The van der Waals surface area contributed by atoms with Crippen LogP contribution in [-0.2, 0) is 17.5 Å². The first-order valence-electron chi connectivity index (χ1n) is 8.51. The van der Waals surface area contributed by atoms with E-state index in [4.69, 9.17) is 0 Å². The zero-order valence-electron chi connectivity index (χ0n) is 14.7. The van der Waals surface area contributed by atoms with Crippen LogP contribution in [0.1, 0.15) is 51.4 Å². The SMILES string of the molecule is Cc1cc(C(F)(F)F)nn1C[C@H](C)C(=O)N[C@H]1CCC[C@H](C)[C@@H]1C. The molecule has 1 saturated carbocycles. The van der Waals surface area contributed by atoms with Gasteiger partial charge in [0.05, 0.1) is 12.5 Å². The lowest BCUT2D eigenvalue weighted by Gasteiger charge is -2.35. The van der Waals surface area contributed by atoms with E-state index < -0.39 is 17.8 Å². The molecule has 24 heavy (non-hydrogen) atoms. The molecule has 0 unspecified atom stereocenters. The monoisotopic (exact) mass is 345 g/mol. The molecule has 1 aromatic rings. The normalized spacial score (nSPS) is 26.2. The lowest BCUT2D eigenvalue weighted by molar-refractivity contribution is -0.141. The van der Waals surface area contributed by atoms with E-state index in [0.29, 0.717) is 17.5 Å². The largest absolute Gasteiger partial charge is 0.435 e. The summed E-state index contributed by atoms with van der Waals surface area (Å²) in [6.45, 7) is 7.77. The van der Waals surface area contributed by atoms with Gasteiger partial charge in [0, 0.05) is 11.7 Å². The van der Waals surface area contributed by atoms with Gasteiger partial charge in [-0.05, 0) is 31.2 Å². The standard InChI is InChI=1S/C17H26F3N3O/c1-10-6-5-7-14(13(10)4)21-16(24)11(2)9-23-12(3)8-15(22-23)17(18,19)20/h8,10-11,13-14H,5-7,9H2,1-4H3,(H,21,24)/t10-,11-,13-,14-/m0/s1. The van der Waals surface area contributed by atoms with E-state index in [-0.39, 0.29) is 18.5 Å². The zero-order valence-corrected chi connectivity index (χ0v) is 14.7. The predicted molar refractivity (Wildman–Crippen MR) is 85.2 cm³/mol. The molecule has 1 aliphatic rings. The maximum absolute atomic E-state index is 12.7. The van der Waals surface area contributed by atoms with Crippen LogP contribution in [0.2, 0.25) is 0 Å². The molecule has 4 nitrogen and oxygen atoms in total. The molecule has 1 aromatic heterocycles. The van der Waals surface area contributed by atoms with Crippen LogP contribution in [0, 0.1) is 24.7 Å². The van der Waals surface area contributed by atoms with Crippen LogP contribution in [0.4, 0.5) is 13.2 Å². The highest BCUT2D eigenvalue weighted by Gasteiger charge is 2.35. The Labute approximate surface area is 140 Å². The molecule has 0 spiro atoms. The number of alkyl halides is 3. The molecular weight excluding hydrogens is 319 g/mol. The molecule has 1 amide bonds. The summed E-state index contributed by atoms with van der Waals surface area (Å²) in [6.07, 6.45) is -1.23. The van der Waals surface area contributed by atoms with Crippen molar-refractivity contribution in [2.75, 3.05) is 0 Å². The van der Waals surface area contributed by atoms with Gasteiger partial charge in [-0.1, -0.05) is 33.6 Å². The third-order valence-corrected chi connectivity index (χ3v) is 5.20. The molecule has 1 N–H and O–H groups in total. The van der Waals surface area contributed by atoms with Crippen LogP contribution in [-0.4, -0.2) is 21.7 Å². The smallest absolute Gasteiger partial charge is 0.353 e. The molecular formula is C17H26F3N3O. The molecule has 0 bridgehead atoms. The van der Waals surface area contributed by atoms with Crippen molar-refractivity contribution in [3.8, 4) is 0 Å². The minimum Gasteiger partial charge on any atom is -0.353 e. The summed E-state index contributed by atoms with van der Waals surface area (Å²) >= 11 is 0. The summed E-state index contributed by atoms with van der Waals surface area (Å²) < 4.78 is 39.4. The maximum Gasteiger partial charge on any atom is 0.435 e. The number of amides is 1. The maximum atomic E-state index is 12.7. The molecule has 0 aromatic carbocycles. The number of hydrogen-bond donors (Lipinski definition) is 1. The minimum absolute atomic E-state index is 0.121. The van der Waals surface area contributed by atoms with E-state index in [9.17, 15) is 18.0 Å². The van der Waals surface area contributed by atoms with Crippen LogP contribution in [0.15, 0.2) is 6.07 Å². The summed E-state index contributed by atoms with van der Waals surface area (Å²) in [5.74, 6) is 0.429.